The Labute approximate surface area is 132 Å². The first kappa shape index (κ1) is 16.3. The molecule has 0 heterocycles. The second kappa shape index (κ2) is 5.95. The van der Waals surface area contributed by atoms with Crippen LogP contribution in [0.25, 0.3) is 0 Å². The standard InChI is InChI=1S/C16H21BrFNO2/c1-16(2)6-4-3-5-11(16)13(15(20)21)10-7-9(18)8-12(17)14(10)19/h7-8,11,13H,3-6,19H2,1-2H3,(H,20,21). The fourth-order valence-corrected chi connectivity index (χ4v) is 3.97. The Bertz CT molecular complexity index is 559. The predicted octanol–water partition coefficient (Wildman–Crippen LogP) is 4.56. The molecule has 2 rings (SSSR count). The summed E-state index contributed by atoms with van der Waals surface area (Å²) in [5.41, 5.74) is 6.63. The maximum atomic E-state index is 13.7. The number of nitrogen functional groups attached to an aromatic ring is 1. The van der Waals surface area contributed by atoms with E-state index in [4.69, 9.17) is 5.73 Å². The molecule has 116 valence electrons. The maximum absolute atomic E-state index is 13.7. The Morgan fingerprint density at radius 3 is 2.71 bits per heavy atom. The van der Waals surface area contributed by atoms with E-state index in [0.29, 0.717) is 15.7 Å². The zero-order valence-electron chi connectivity index (χ0n) is 12.3. The number of rotatable bonds is 3. The molecule has 1 saturated carbocycles. The molecule has 0 radical (unpaired) electrons. The summed E-state index contributed by atoms with van der Waals surface area (Å²) in [6.07, 6.45) is 3.93. The number of hydrogen-bond donors (Lipinski definition) is 2. The Morgan fingerprint density at radius 1 is 1.48 bits per heavy atom. The van der Waals surface area contributed by atoms with Crippen molar-refractivity contribution in [1.82, 2.24) is 0 Å². The van der Waals surface area contributed by atoms with Crippen molar-refractivity contribution in [3.05, 3.63) is 28.0 Å². The van der Waals surface area contributed by atoms with Crippen LogP contribution in [0.2, 0.25) is 0 Å². The smallest absolute Gasteiger partial charge is 0.311 e. The summed E-state index contributed by atoms with van der Waals surface area (Å²) in [5.74, 6) is -2.21. The molecule has 2 unspecified atom stereocenters. The first-order valence-electron chi connectivity index (χ1n) is 7.21. The Morgan fingerprint density at radius 2 is 2.14 bits per heavy atom. The average molecular weight is 358 g/mol. The summed E-state index contributed by atoms with van der Waals surface area (Å²) in [7, 11) is 0. The van der Waals surface area contributed by atoms with Crippen molar-refractivity contribution in [2.75, 3.05) is 5.73 Å². The Balaban J connectivity index is 2.52. The quantitative estimate of drug-likeness (QED) is 0.779. The number of carboxylic acid groups (broad SMARTS) is 1. The van der Waals surface area contributed by atoms with Gasteiger partial charge in [0.25, 0.3) is 0 Å². The van der Waals surface area contributed by atoms with Gasteiger partial charge in [-0.25, -0.2) is 4.39 Å². The molecule has 3 nitrogen and oxygen atoms in total. The van der Waals surface area contributed by atoms with Crippen molar-refractivity contribution in [3.8, 4) is 0 Å². The van der Waals surface area contributed by atoms with Gasteiger partial charge in [0.2, 0.25) is 0 Å². The van der Waals surface area contributed by atoms with Crippen molar-refractivity contribution in [2.24, 2.45) is 11.3 Å². The minimum atomic E-state index is -0.931. The van der Waals surface area contributed by atoms with Crippen LogP contribution in [0.1, 0.15) is 51.0 Å². The van der Waals surface area contributed by atoms with Gasteiger partial charge in [-0.2, -0.15) is 0 Å². The molecule has 0 aliphatic heterocycles. The van der Waals surface area contributed by atoms with Gasteiger partial charge in [0.05, 0.1) is 11.6 Å². The van der Waals surface area contributed by atoms with Crippen molar-refractivity contribution in [3.63, 3.8) is 0 Å². The van der Waals surface area contributed by atoms with Gasteiger partial charge in [0, 0.05) is 4.47 Å². The maximum Gasteiger partial charge on any atom is 0.311 e. The summed E-state index contributed by atoms with van der Waals surface area (Å²) < 4.78 is 14.1. The Kier molecular flexibility index (Phi) is 4.61. The van der Waals surface area contributed by atoms with Crippen molar-refractivity contribution in [2.45, 2.75) is 45.4 Å². The van der Waals surface area contributed by atoms with Gasteiger partial charge in [-0.3, -0.25) is 4.79 Å². The number of hydrogen-bond acceptors (Lipinski definition) is 2. The van der Waals surface area contributed by atoms with E-state index in [9.17, 15) is 14.3 Å². The fourth-order valence-electron chi connectivity index (χ4n) is 3.52. The number of nitrogens with two attached hydrogens (primary N) is 1. The minimum Gasteiger partial charge on any atom is -0.481 e. The molecule has 2 atom stereocenters. The molecule has 21 heavy (non-hydrogen) atoms. The van der Waals surface area contributed by atoms with Gasteiger partial charge in [-0.05, 0) is 57.8 Å². The van der Waals surface area contributed by atoms with Crippen LogP contribution in [-0.2, 0) is 4.79 Å². The molecule has 5 heteroatoms. The highest BCUT2D eigenvalue weighted by molar-refractivity contribution is 9.10. The van der Waals surface area contributed by atoms with Crippen LogP contribution in [0.4, 0.5) is 10.1 Å². The highest BCUT2D eigenvalue weighted by Gasteiger charge is 2.42. The van der Waals surface area contributed by atoms with Crippen LogP contribution in [0.15, 0.2) is 16.6 Å². The first-order valence-corrected chi connectivity index (χ1v) is 8.00. The molecule has 0 spiro atoms. The molecule has 0 bridgehead atoms. The fraction of sp³-hybridized carbons (Fsp3) is 0.562. The lowest BCUT2D eigenvalue weighted by atomic mass is 9.62. The highest BCUT2D eigenvalue weighted by atomic mass is 79.9. The number of benzene rings is 1. The molecule has 0 amide bonds. The van der Waals surface area contributed by atoms with Crippen LogP contribution >= 0.6 is 15.9 Å². The van der Waals surface area contributed by atoms with Gasteiger partial charge in [0.15, 0.2) is 0 Å². The van der Waals surface area contributed by atoms with Crippen LogP contribution in [0.5, 0.6) is 0 Å². The predicted molar refractivity (Wildman–Crippen MR) is 84.6 cm³/mol. The summed E-state index contributed by atoms with van der Waals surface area (Å²) >= 11 is 3.21. The van der Waals surface area contributed by atoms with Crippen molar-refractivity contribution < 1.29 is 14.3 Å². The number of anilines is 1. The van der Waals surface area contributed by atoms with Crippen molar-refractivity contribution in [1.29, 1.82) is 0 Å². The monoisotopic (exact) mass is 357 g/mol. The molecule has 1 fully saturated rings. The largest absolute Gasteiger partial charge is 0.481 e. The van der Waals surface area contributed by atoms with E-state index in [1.165, 1.54) is 12.1 Å². The molecular weight excluding hydrogens is 337 g/mol. The van der Waals surface area contributed by atoms with Gasteiger partial charge < -0.3 is 10.8 Å². The molecule has 0 saturated heterocycles. The van der Waals surface area contributed by atoms with E-state index >= 15 is 0 Å². The van der Waals surface area contributed by atoms with Gasteiger partial charge >= 0.3 is 5.97 Å². The highest BCUT2D eigenvalue weighted by Crippen LogP contribution is 2.49. The third-order valence-electron chi connectivity index (χ3n) is 4.72. The lowest BCUT2D eigenvalue weighted by Gasteiger charge is -2.42. The number of aliphatic carboxylic acids is 1. The summed E-state index contributed by atoms with van der Waals surface area (Å²) in [4.78, 5) is 11.9. The van der Waals surface area contributed by atoms with Crippen molar-refractivity contribution >= 4 is 27.6 Å². The van der Waals surface area contributed by atoms with Crippen LogP contribution in [0, 0.1) is 17.2 Å². The van der Waals surface area contributed by atoms with E-state index in [0.717, 1.165) is 25.7 Å². The first-order chi connectivity index (χ1) is 9.74. The summed E-state index contributed by atoms with van der Waals surface area (Å²) in [6.45, 7) is 4.19. The lowest BCUT2D eigenvalue weighted by molar-refractivity contribution is -0.142. The second-order valence-electron chi connectivity index (χ2n) is 6.55. The topological polar surface area (TPSA) is 63.3 Å². The SMILES string of the molecule is CC1(C)CCCCC1C(C(=O)O)c1cc(F)cc(Br)c1N. The molecule has 1 aliphatic carbocycles. The average Bonchev–Trinajstić information content (AvgIpc) is 2.36. The van der Waals surface area contributed by atoms with Gasteiger partial charge in [-0.15, -0.1) is 0 Å². The normalized spacial score (nSPS) is 22.8. The summed E-state index contributed by atoms with van der Waals surface area (Å²) in [5, 5.41) is 9.72. The molecule has 1 aromatic carbocycles. The third-order valence-corrected chi connectivity index (χ3v) is 5.38. The number of halogens is 2. The number of carbonyl (C=O) groups is 1. The minimum absolute atomic E-state index is 0.0419. The van der Waals surface area contributed by atoms with Crippen LogP contribution in [-0.4, -0.2) is 11.1 Å². The van der Waals surface area contributed by atoms with E-state index in [2.05, 4.69) is 29.8 Å². The molecule has 0 aromatic heterocycles. The van der Waals surface area contributed by atoms with E-state index in [1.807, 2.05) is 0 Å². The molecule has 1 aromatic rings. The van der Waals surface area contributed by atoms with E-state index in [1.54, 1.807) is 0 Å². The summed E-state index contributed by atoms with van der Waals surface area (Å²) in [6, 6.07) is 2.54. The molecule has 3 N–H and O–H groups in total. The van der Waals surface area contributed by atoms with Crippen LogP contribution in [0.3, 0.4) is 0 Å². The second-order valence-corrected chi connectivity index (χ2v) is 7.40. The molecular formula is C16H21BrFNO2. The molecule has 1 aliphatic rings. The zero-order valence-corrected chi connectivity index (χ0v) is 13.9. The Hall–Kier alpha value is -1.10. The third kappa shape index (κ3) is 3.23. The van der Waals surface area contributed by atoms with Crippen LogP contribution < -0.4 is 5.73 Å². The van der Waals surface area contributed by atoms with E-state index in [-0.39, 0.29) is 11.3 Å². The number of carboxylic acids is 1. The zero-order chi connectivity index (χ0) is 15.8. The van der Waals surface area contributed by atoms with Gasteiger partial charge in [0.1, 0.15) is 5.82 Å². The van der Waals surface area contributed by atoms with Gasteiger partial charge in [-0.1, -0.05) is 26.7 Å². The van der Waals surface area contributed by atoms with E-state index < -0.39 is 17.7 Å². The lowest BCUT2D eigenvalue weighted by Crippen LogP contribution is -2.36.